The maximum atomic E-state index is 8.74. The highest BCUT2D eigenvalue weighted by molar-refractivity contribution is 7.12. The Morgan fingerprint density at radius 1 is 1.47 bits per heavy atom. The van der Waals surface area contributed by atoms with E-state index >= 15 is 0 Å². The topological polar surface area (TPSA) is 48.7 Å². The first kappa shape index (κ1) is 11.8. The van der Waals surface area contributed by atoms with Crippen LogP contribution in [0.2, 0.25) is 0 Å². The second kappa shape index (κ2) is 5.58. The van der Waals surface area contributed by atoms with Gasteiger partial charge in [0, 0.05) is 29.9 Å². The van der Waals surface area contributed by atoms with Crippen molar-refractivity contribution < 1.29 is 0 Å². The largest absolute Gasteiger partial charge is 0.305 e. The van der Waals surface area contributed by atoms with Gasteiger partial charge in [0.15, 0.2) is 0 Å². The third kappa shape index (κ3) is 3.13. The predicted octanol–water partition coefficient (Wildman–Crippen LogP) is 2.87. The van der Waals surface area contributed by atoms with Crippen molar-refractivity contribution in [3.05, 3.63) is 52.0 Å². The molecular formula is C13H13N3S. The fraction of sp³-hybridized carbons (Fsp3) is 0.231. The van der Waals surface area contributed by atoms with E-state index < -0.39 is 0 Å². The highest BCUT2D eigenvalue weighted by Gasteiger charge is 2.05. The number of nitrogens with one attached hydrogen (secondary N) is 1. The number of pyridine rings is 1. The summed E-state index contributed by atoms with van der Waals surface area (Å²) in [5.74, 6) is 0. The zero-order valence-electron chi connectivity index (χ0n) is 9.55. The number of nitriles is 1. The average molecular weight is 243 g/mol. The first-order valence-electron chi connectivity index (χ1n) is 5.41. The SMILES string of the molecule is C[C@@H](NCc1ccc(C#N)s1)c1cccnc1. The quantitative estimate of drug-likeness (QED) is 0.898. The summed E-state index contributed by atoms with van der Waals surface area (Å²) >= 11 is 1.53. The Labute approximate surface area is 105 Å². The maximum absolute atomic E-state index is 8.74. The summed E-state index contributed by atoms with van der Waals surface area (Å²) in [4.78, 5) is 6.04. The molecule has 17 heavy (non-hydrogen) atoms. The van der Waals surface area contributed by atoms with Crippen molar-refractivity contribution in [2.75, 3.05) is 0 Å². The molecule has 4 heteroatoms. The number of nitrogens with zero attached hydrogens (tertiary/aromatic N) is 2. The average Bonchev–Trinajstić information content (AvgIpc) is 2.85. The van der Waals surface area contributed by atoms with Gasteiger partial charge < -0.3 is 5.32 Å². The van der Waals surface area contributed by atoms with Crippen molar-refractivity contribution in [3.8, 4) is 6.07 Å². The lowest BCUT2D eigenvalue weighted by molar-refractivity contribution is 0.577. The molecule has 0 radical (unpaired) electrons. The van der Waals surface area contributed by atoms with E-state index in [1.165, 1.54) is 21.8 Å². The van der Waals surface area contributed by atoms with Crippen molar-refractivity contribution in [2.24, 2.45) is 0 Å². The number of thiophene rings is 1. The van der Waals surface area contributed by atoms with Gasteiger partial charge in [0.25, 0.3) is 0 Å². The molecule has 0 amide bonds. The Morgan fingerprint density at radius 2 is 2.35 bits per heavy atom. The molecular weight excluding hydrogens is 230 g/mol. The first-order chi connectivity index (χ1) is 8.29. The minimum absolute atomic E-state index is 0.260. The minimum atomic E-state index is 0.260. The van der Waals surface area contributed by atoms with Gasteiger partial charge in [-0.05, 0) is 30.7 Å². The number of hydrogen-bond donors (Lipinski definition) is 1. The molecule has 0 spiro atoms. The molecule has 86 valence electrons. The molecule has 2 heterocycles. The van der Waals surface area contributed by atoms with Crippen LogP contribution in [0.15, 0.2) is 36.7 Å². The van der Waals surface area contributed by atoms with Gasteiger partial charge in [-0.15, -0.1) is 11.3 Å². The van der Waals surface area contributed by atoms with Crippen LogP contribution >= 0.6 is 11.3 Å². The lowest BCUT2D eigenvalue weighted by atomic mass is 10.1. The van der Waals surface area contributed by atoms with Crippen molar-refractivity contribution >= 4 is 11.3 Å². The van der Waals surface area contributed by atoms with Crippen LogP contribution in [0.1, 0.15) is 28.3 Å². The smallest absolute Gasteiger partial charge is 0.110 e. The van der Waals surface area contributed by atoms with Crippen molar-refractivity contribution in [3.63, 3.8) is 0 Å². The minimum Gasteiger partial charge on any atom is -0.305 e. The van der Waals surface area contributed by atoms with E-state index in [1.54, 1.807) is 6.20 Å². The number of hydrogen-bond acceptors (Lipinski definition) is 4. The molecule has 0 aliphatic carbocycles. The normalized spacial score (nSPS) is 12.0. The van der Waals surface area contributed by atoms with E-state index in [4.69, 9.17) is 5.26 Å². The van der Waals surface area contributed by atoms with Crippen molar-refractivity contribution in [1.29, 1.82) is 5.26 Å². The van der Waals surface area contributed by atoms with Crippen LogP contribution in [0.4, 0.5) is 0 Å². The van der Waals surface area contributed by atoms with Gasteiger partial charge >= 0.3 is 0 Å². The van der Waals surface area contributed by atoms with Gasteiger partial charge in [0.2, 0.25) is 0 Å². The Balaban J connectivity index is 1.92. The standard InChI is InChI=1S/C13H13N3S/c1-10(11-3-2-6-15-8-11)16-9-13-5-4-12(7-14)17-13/h2-6,8,10,16H,9H2,1H3/t10-/m1/s1. The molecule has 0 aliphatic heterocycles. The second-order valence-electron chi connectivity index (χ2n) is 3.77. The fourth-order valence-electron chi connectivity index (χ4n) is 1.54. The Bertz CT molecular complexity index is 513. The zero-order chi connectivity index (χ0) is 12.1. The fourth-order valence-corrected chi connectivity index (χ4v) is 2.29. The van der Waals surface area contributed by atoms with Crippen LogP contribution in [-0.2, 0) is 6.54 Å². The molecule has 1 N–H and O–H groups in total. The molecule has 0 bridgehead atoms. The van der Waals surface area contributed by atoms with Crippen LogP contribution in [-0.4, -0.2) is 4.98 Å². The lowest BCUT2D eigenvalue weighted by Gasteiger charge is -2.12. The van der Waals surface area contributed by atoms with E-state index in [2.05, 4.69) is 29.4 Å². The molecule has 0 unspecified atom stereocenters. The molecule has 2 aromatic heterocycles. The summed E-state index contributed by atoms with van der Waals surface area (Å²) in [6.45, 7) is 2.89. The zero-order valence-corrected chi connectivity index (χ0v) is 10.4. The highest BCUT2D eigenvalue weighted by Crippen LogP contribution is 2.17. The van der Waals surface area contributed by atoms with Crippen LogP contribution in [0, 0.1) is 11.3 Å². The molecule has 2 rings (SSSR count). The van der Waals surface area contributed by atoms with Crippen molar-refractivity contribution in [1.82, 2.24) is 10.3 Å². The number of rotatable bonds is 4. The summed E-state index contributed by atoms with van der Waals surface area (Å²) in [7, 11) is 0. The monoisotopic (exact) mass is 243 g/mol. The molecule has 3 nitrogen and oxygen atoms in total. The maximum Gasteiger partial charge on any atom is 0.110 e. The van der Waals surface area contributed by atoms with Gasteiger partial charge in [-0.2, -0.15) is 5.26 Å². The predicted molar refractivity (Wildman–Crippen MR) is 68.5 cm³/mol. The van der Waals surface area contributed by atoms with Gasteiger partial charge in [-0.25, -0.2) is 0 Å². The molecule has 0 aliphatic rings. The second-order valence-corrected chi connectivity index (χ2v) is 4.94. The molecule has 2 aromatic rings. The van der Waals surface area contributed by atoms with E-state index in [1.807, 2.05) is 24.4 Å². The van der Waals surface area contributed by atoms with Gasteiger partial charge in [0.1, 0.15) is 10.9 Å². The van der Waals surface area contributed by atoms with Crippen LogP contribution in [0.5, 0.6) is 0 Å². The van der Waals surface area contributed by atoms with E-state index in [0.29, 0.717) is 0 Å². The molecule has 0 saturated carbocycles. The highest BCUT2D eigenvalue weighted by atomic mass is 32.1. The van der Waals surface area contributed by atoms with Gasteiger partial charge in [-0.3, -0.25) is 4.98 Å². The van der Waals surface area contributed by atoms with Gasteiger partial charge in [-0.1, -0.05) is 6.07 Å². The molecule has 0 aromatic carbocycles. The van der Waals surface area contributed by atoms with Crippen LogP contribution in [0.3, 0.4) is 0 Å². The summed E-state index contributed by atoms with van der Waals surface area (Å²) in [6.07, 6.45) is 3.64. The summed E-state index contributed by atoms with van der Waals surface area (Å²) < 4.78 is 0. The first-order valence-corrected chi connectivity index (χ1v) is 6.23. The summed E-state index contributed by atoms with van der Waals surface area (Å²) in [5.41, 5.74) is 1.17. The Kier molecular flexibility index (Phi) is 3.86. The Hall–Kier alpha value is -1.70. The molecule has 0 saturated heterocycles. The molecule has 0 fully saturated rings. The Morgan fingerprint density at radius 3 is 3.00 bits per heavy atom. The van der Waals surface area contributed by atoms with Crippen LogP contribution in [0.25, 0.3) is 0 Å². The summed E-state index contributed by atoms with van der Waals surface area (Å²) in [6, 6.07) is 10.3. The van der Waals surface area contributed by atoms with E-state index in [0.717, 1.165) is 11.4 Å². The van der Waals surface area contributed by atoms with E-state index in [-0.39, 0.29) is 6.04 Å². The lowest BCUT2D eigenvalue weighted by Crippen LogP contribution is -2.17. The molecule has 1 atom stereocenters. The van der Waals surface area contributed by atoms with Crippen molar-refractivity contribution in [2.45, 2.75) is 19.5 Å². The van der Waals surface area contributed by atoms with Crippen LogP contribution < -0.4 is 5.32 Å². The third-order valence-corrected chi connectivity index (χ3v) is 3.53. The number of aromatic nitrogens is 1. The third-order valence-electron chi connectivity index (χ3n) is 2.54. The summed E-state index contributed by atoms with van der Waals surface area (Å²) in [5, 5.41) is 12.2. The van der Waals surface area contributed by atoms with Gasteiger partial charge in [0.05, 0.1) is 0 Å². The van der Waals surface area contributed by atoms with E-state index in [9.17, 15) is 0 Å².